The fraction of sp³-hybridized carbons (Fsp3) is 0.667. The molecule has 0 aliphatic carbocycles. The Bertz CT molecular complexity index is 416. The van der Waals surface area contributed by atoms with Crippen molar-refractivity contribution in [2.75, 3.05) is 26.8 Å². The molecule has 0 spiro atoms. The van der Waals surface area contributed by atoms with E-state index in [-0.39, 0.29) is 6.04 Å². The van der Waals surface area contributed by atoms with Gasteiger partial charge in [-0.15, -0.1) is 0 Å². The van der Waals surface area contributed by atoms with Crippen LogP contribution in [-0.2, 0) is 4.74 Å². The molecule has 3 heteroatoms. The second-order valence-electron chi connectivity index (χ2n) is 6.45. The quantitative estimate of drug-likeness (QED) is 0.904. The minimum Gasteiger partial charge on any atom is -0.383 e. The topological polar surface area (TPSA) is 38.5 Å². The zero-order valence-electron chi connectivity index (χ0n) is 13.7. The Labute approximate surface area is 129 Å². The summed E-state index contributed by atoms with van der Waals surface area (Å²) in [7, 11) is 1.77. The minimum absolute atomic E-state index is 0.217. The van der Waals surface area contributed by atoms with Crippen molar-refractivity contribution in [1.82, 2.24) is 4.90 Å². The van der Waals surface area contributed by atoms with E-state index in [9.17, 15) is 0 Å². The number of hydrogen-bond donors (Lipinski definition) is 1. The van der Waals surface area contributed by atoms with Gasteiger partial charge in [0.2, 0.25) is 0 Å². The fourth-order valence-electron chi connectivity index (χ4n) is 3.26. The summed E-state index contributed by atoms with van der Waals surface area (Å²) in [5.41, 5.74) is 9.23. The van der Waals surface area contributed by atoms with Gasteiger partial charge >= 0.3 is 0 Å². The zero-order valence-corrected chi connectivity index (χ0v) is 13.7. The molecule has 2 rings (SSSR count). The molecule has 1 aliphatic rings. The van der Waals surface area contributed by atoms with Crippen LogP contribution >= 0.6 is 0 Å². The molecular weight excluding hydrogens is 260 g/mol. The van der Waals surface area contributed by atoms with E-state index in [1.54, 1.807) is 7.11 Å². The van der Waals surface area contributed by atoms with Gasteiger partial charge in [-0.05, 0) is 36.4 Å². The lowest BCUT2D eigenvalue weighted by atomic mass is 9.93. The Balaban J connectivity index is 2.20. The van der Waals surface area contributed by atoms with Gasteiger partial charge in [0.15, 0.2) is 0 Å². The van der Waals surface area contributed by atoms with Crippen LogP contribution in [0.3, 0.4) is 0 Å². The Morgan fingerprint density at radius 3 is 2.57 bits per heavy atom. The molecule has 1 aromatic rings. The van der Waals surface area contributed by atoms with E-state index >= 15 is 0 Å². The van der Waals surface area contributed by atoms with E-state index in [1.807, 2.05) is 0 Å². The number of nitrogens with zero attached hydrogens (tertiary/aromatic N) is 1. The number of likely N-dealkylation sites (tertiary alicyclic amines) is 1. The van der Waals surface area contributed by atoms with Crippen molar-refractivity contribution in [3.05, 3.63) is 35.4 Å². The SMILES string of the molecule is COCCN1CCCCC(N)C1c1ccc(C(C)C)cc1. The van der Waals surface area contributed by atoms with Gasteiger partial charge in [0, 0.05) is 25.7 Å². The predicted octanol–water partition coefficient (Wildman–Crippen LogP) is 3.31. The summed E-state index contributed by atoms with van der Waals surface area (Å²) in [6, 6.07) is 9.59. The van der Waals surface area contributed by atoms with Gasteiger partial charge < -0.3 is 10.5 Å². The van der Waals surface area contributed by atoms with Crippen molar-refractivity contribution in [2.45, 2.75) is 51.1 Å². The third-order valence-corrected chi connectivity index (χ3v) is 4.56. The van der Waals surface area contributed by atoms with Crippen molar-refractivity contribution in [2.24, 2.45) is 5.73 Å². The molecule has 118 valence electrons. The van der Waals surface area contributed by atoms with Gasteiger partial charge in [-0.1, -0.05) is 44.5 Å². The summed E-state index contributed by atoms with van der Waals surface area (Å²) in [5.74, 6) is 0.575. The smallest absolute Gasteiger partial charge is 0.0589 e. The highest BCUT2D eigenvalue weighted by Crippen LogP contribution is 2.30. The summed E-state index contributed by atoms with van der Waals surface area (Å²) < 4.78 is 5.27. The highest BCUT2D eigenvalue weighted by molar-refractivity contribution is 5.28. The monoisotopic (exact) mass is 290 g/mol. The van der Waals surface area contributed by atoms with E-state index in [2.05, 4.69) is 43.0 Å². The van der Waals surface area contributed by atoms with Gasteiger partial charge in [-0.25, -0.2) is 0 Å². The Morgan fingerprint density at radius 1 is 1.24 bits per heavy atom. The number of benzene rings is 1. The number of methoxy groups -OCH3 is 1. The molecule has 3 nitrogen and oxygen atoms in total. The normalized spacial score (nSPS) is 24.2. The van der Waals surface area contributed by atoms with Crippen LogP contribution in [0.1, 0.15) is 56.2 Å². The first-order valence-corrected chi connectivity index (χ1v) is 8.22. The Hall–Kier alpha value is -0.900. The lowest BCUT2D eigenvalue weighted by Crippen LogP contribution is -2.41. The Morgan fingerprint density at radius 2 is 1.95 bits per heavy atom. The second-order valence-corrected chi connectivity index (χ2v) is 6.45. The largest absolute Gasteiger partial charge is 0.383 e. The zero-order chi connectivity index (χ0) is 15.2. The summed E-state index contributed by atoms with van der Waals surface area (Å²) in [5, 5.41) is 0. The minimum atomic E-state index is 0.217. The van der Waals surface area contributed by atoms with E-state index < -0.39 is 0 Å². The first-order valence-electron chi connectivity index (χ1n) is 8.22. The highest BCUT2D eigenvalue weighted by atomic mass is 16.5. The summed E-state index contributed by atoms with van der Waals surface area (Å²) in [6.07, 6.45) is 3.57. The average molecular weight is 290 g/mol. The highest BCUT2D eigenvalue weighted by Gasteiger charge is 2.28. The summed E-state index contributed by atoms with van der Waals surface area (Å²) in [6.45, 7) is 7.32. The molecule has 0 radical (unpaired) electrons. The molecule has 0 aromatic heterocycles. The third kappa shape index (κ3) is 4.29. The van der Waals surface area contributed by atoms with Crippen molar-refractivity contribution in [3.63, 3.8) is 0 Å². The molecule has 1 aliphatic heterocycles. The number of hydrogen-bond acceptors (Lipinski definition) is 3. The van der Waals surface area contributed by atoms with Crippen LogP contribution in [0.2, 0.25) is 0 Å². The summed E-state index contributed by atoms with van der Waals surface area (Å²) >= 11 is 0. The molecule has 2 N–H and O–H groups in total. The van der Waals surface area contributed by atoms with Crippen LogP contribution < -0.4 is 5.73 Å². The van der Waals surface area contributed by atoms with Gasteiger partial charge in [-0.3, -0.25) is 4.90 Å². The third-order valence-electron chi connectivity index (χ3n) is 4.56. The van der Waals surface area contributed by atoms with Crippen LogP contribution in [0.4, 0.5) is 0 Å². The predicted molar refractivity (Wildman–Crippen MR) is 88.5 cm³/mol. The molecule has 21 heavy (non-hydrogen) atoms. The van der Waals surface area contributed by atoms with Crippen molar-refractivity contribution in [3.8, 4) is 0 Å². The van der Waals surface area contributed by atoms with Crippen molar-refractivity contribution in [1.29, 1.82) is 0 Å². The van der Waals surface area contributed by atoms with E-state index in [4.69, 9.17) is 10.5 Å². The van der Waals surface area contributed by atoms with Gasteiger partial charge in [0.05, 0.1) is 6.61 Å². The molecular formula is C18H30N2O. The molecule has 1 fully saturated rings. The lowest BCUT2D eigenvalue weighted by molar-refractivity contribution is 0.115. The molecule has 1 heterocycles. The van der Waals surface area contributed by atoms with Crippen LogP contribution in [-0.4, -0.2) is 37.7 Å². The van der Waals surface area contributed by atoms with Crippen LogP contribution in [0, 0.1) is 0 Å². The average Bonchev–Trinajstić information content (AvgIpc) is 2.66. The fourth-order valence-corrected chi connectivity index (χ4v) is 3.26. The molecule has 2 atom stereocenters. The maximum atomic E-state index is 6.49. The maximum absolute atomic E-state index is 6.49. The van der Waals surface area contributed by atoms with Gasteiger partial charge in [-0.2, -0.15) is 0 Å². The molecule has 1 aromatic carbocycles. The summed E-state index contributed by atoms with van der Waals surface area (Å²) in [4.78, 5) is 2.51. The number of nitrogens with two attached hydrogens (primary N) is 1. The van der Waals surface area contributed by atoms with Crippen LogP contribution in [0.5, 0.6) is 0 Å². The molecule has 0 bridgehead atoms. The lowest BCUT2D eigenvalue weighted by Gasteiger charge is -2.33. The van der Waals surface area contributed by atoms with E-state index in [1.165, 1.54) is 24.0 Å². The van der Waals surface area contributed by atoms with Crippen molar-refractivity contribution >= 4 is 0 Å². The molecule has 0 saturated carbocycles. The van der Waals surface area contributed by atoms with Gasteiger partial charge in [0.1, 0.15) is 0 Å². The number of ether oxygens (including phenoxy) is 1. The number of rotatable bonds is 5. The molecule has 0 amide bonds. The van der Waals surface area contributed by atoms with E-state index in [0.29, 0.717) is 12.0 Å². The van der Waals surface area contributed by atoms with Crippen LogP contribution in [0.15, 0.2) is 24.3 Å². The maximum Gasteiger partial charge on any atom is 0.0589 e. The first-order chi connectivity index (χ1) is 10.1. The second kappa shape index (κ2) is 7.92. The van der Waals surface area contributed by atoms with Gasteiger partial charge in [0.25, 0.3) is 0 Å². The molecule has 1 saturated heterocycles. The molecule has 2 unspecified atom stereocenters. The standard InChI is InChI=1S/C18H30N2O/c1-14(2)15-7-9-16(10-8-15)18-17(19)6-4-5-11-20(18)12-13-21-3/h7-10,14,17-18H,4-6,11-13,19H2,1-3H3. The van der Waals surface area contributed by atoms with E-state index in [0.717, 1.165) is 26.1 Å². The first kappa shape index (κ1) is 16.5. The van der Waals surface area contributed by atoms with Crippen LogP contribution in [0.25, 0.3) is 0 Å². The van der Waals surface area contributed by atoms with Crippen molar-refractivity contribution < 1.29 is 4.74 Å². The Kier molecular flexibility index (Phi) is 6.22.